The third-order valence-corrected chi connectivity index (χ3v) is 2.27. The van der Waals surface area contributed by atoms with Gasteiger partial charge in [0.2, 0.25) is 0 Å². The van der Waals surface area contributed by atoms with Gasteiger partial charge in [0.25, 0.3) is 0 Å². The van der Waals surface area contributed by atoms with E-state index in [-0.39, 0.29) is 19.1 Å². The number of hydrogen-bond donors (Lipinski definition) is 4. The van der Waals surface area contributed by atoms with Gasteiger partial charge < -0.3 is 21.3 Å². The van der Waals surface area contributed by atoms with Crippen LogP contribution in [0.1, 0.15) is 25.3 Å². The highest BCUT2D eigenvalue weighted by Gasteiger charge is 2.15. The summed E-state index contributed by atoms with van der Waals surface area (Å²) in [5, 5.41) is 20.9. The van der Waals surface area contributed by atoms with E-state index in [2.05, 4.69) is 15.3 Å². The minimum Gasteiger partial charge on any atom is -0.394 e. The van der Waals surface area contributed by atoms with Gasteiger partial charge in [0.1, 0.15) is 18.0 Å². The van der Waals surface area contributed by atoms with E-state index in [1.54, 1.807) is 0 Å². The molecule has 6 nitrogen and oxygen atoms in total. The first-order valence-electron chi connectivity index (χ1n) is 5.18. The minimum absolute atomic E-state index is 0.168. The van der Waals surface area contributed by atoms with E-state index in [1.807, 2.05) is 13.8 Å². The van der Waals surface area contributed by atoms with Crippen LogP contribution in [-0.4, -0.2) is 39.4 Å². The fourth-order valence-electron chi connectivity index (χ4n) is 1.44. The maximum Gasteiger partial charge on any atom is 0.135 e. The molecule has 0 fully saturated rings. The highest BCUT2D eigenvalue weighted by Crippen LogP contribution is 2.26. The molecule has 0 unspecified atom stereocenters. The molecule has 0 bridgehead atoms. The number of anilines is 2. The third-order valence-electron chi connectivity index (χ3n) is 2.27. The van der Waals surface area contributed by atoms with Gasteiger partial charge >= 0.3 is 0 Å². The van der Waals surface area contributed by atoms with Gasteiger partial charge in [-0.05, 0) is 5.92 Å². The number of nitrogen functional groups attached to an aromatic ring is 1. The Morgan fingerprint density at radius 3 is 2.44 bits per heavy atom. The van der Waals surface area contributed by atoms with Gasteiger partial charge in [-0.25, -0.2) is 9.97 Å². The van der Waals surface area contributed by atoms with Gasteiger partial charge in [-0.1, -0.05) is 13.8 Å². The number of hydrogen-bond acceptors (Lipinski definition) is 6. The van der Waals surface area contributed by atoms with Crippen molar-refractivity contribution in [3.05, 3.63) is 11.9 Å². The number of aromatic nitrogens is 2. The molecule has 0 spiro atoms. The van der Waals surface area contributed by atoms with Crippen molar-refractivity contribution in [3.63, 3.8) is 0 Å². The Kier molecular flexibility index (Phi) is 4.45. The molecule has 6 heteroatoms. The van der Waals surface area contributed by atoms with Gasteiger partial charge in [-0.15, -0.1) is 0 Å². The van der Waals surface area contributed by atoms with Crippen LogP contribution < -0.4 is 11.1 Å². The van der Waals surface area contributed by atoms with Crippen molar-refractivity contribution in [2.75, 3.05) is 24.3 Å². The standard InChI is InChI=1S/C10H18N4O2/c1-6(2)8-9(11)12-5-13-10(8)14-7(3-15)4-16/h5-7,15-16H,3-4H2,1-2H3,(H3,11,12,13,14). The average molecular weight is 226 g/mol. The van der Waals surface area contributed by atoms with Gasteiger partial charge in [0, 0.05) is 5.56 Å². The maximum atomic E-state index is 8.99. The van der Waals surface area contributed by atoms with E-state index >= 15 is 0 Å². The molecule has 16 heavy (non-hydrogen) atoms. The van der Waals surface area contributed by atoms with Gasteiger partial charge in [-0.2, -0.15) is 0 Å². The monoisotopic (exact) mass is 226 g/mol. The van der Waals surface area contributed by atoms with Crippen molar-refractivity contribution in [2.24, 2.45) is 0 Å². The number of nitrogens with zero attached hydrogens (tertiary/aromatic N) is 2. The second kappa shape index (κ2) is 5.62. The first kappa shape index (κ1) is 12.7. The summed E-state index contributed by atoms with van der Waals surface area (Å²) in [4.78, 5) is 7.99. The predicted octanol–water partition coefficient (Wildman–Crippen LogP) is -0.0527. The van der Waals surface area contributed by atoms with E-state index in [9.17, 15) is 0 Å². The summed E-state index contributed by atoms with van der Waals surface area (Å²) in [5.41, 5.74) is 6.57. The van der Waals surface area contributed by atoms with Crippen LogP contribution in [0.5, 0.6) is 0 Å². The second-order valence-electron chi connectivity index (χ2n) is 3.88. The summed E-state index contributed by atoms with van der Waals surface area (Å²) in [6.07, 6.45) is 1.36. The highest BCUT2D eigenvalue weighted by atomic mass is 16.3. The van der Waals surface area contributed by atoms with Crippen LogP contribution in [0.2, 0.25) is 0 Å². The van der Waals surface area contributed by atoms with Crippen LogP contribution in [0.15, 0.2) is 6.33 Å². The molecule has 0 aliphatic heterocycles. The molecule has 1 rings (SSSR count). The molecule has 0 amide bonds. The van der Waals surface area contributed by atoms with Crippen molar-refractivity contribution in [3.8, 4) is 0 Å². The molecular weight excluding hydrogens is 208 g/mol. The average Bonchev–Trinajstić information content (AvgIpc) is 2.25. The Morgan fingerprint density at radius 2 is 1.94 bits per heavy atom. The molecule has 0 aliphatic rings. The molecule has 0 saturated carbocycles. The maximum absolute atomic E-state index is 8.99. The predicted molar refractivity (Wildman–Crippen MR) is 62.1 cm³/mol. The molecule has 0 radical (unpaired) electrons. The van der Waals surface area contributed by atoms with E-state index in [0.717, 1.165) is 5.56 Å². The van der Waals surface area contributed by atoms with Crippen LogP contribution in [0.25, 0.3) is 0 Å². The quantitative estimate of drug-likeness (QED) is 0.561. The zero-order valence-electron chi connectivity index (χ0n) is 9.51. The van der Waals surface area contributed by atoms with Crippen LogP contribution in [0.3, 0.4) is 0 Å². The van der Waals surface area contributed by atoms with E-state index in [4.69, 9.17) is 15.9 Å². The normalized spacial score (nSPS) is 11.1. The molecular formula is C10H18N4O2. The van der Waals surface area contributed by atoms with Crippen molar-refractivity contribution < 1.29 is 10.2 Å². The lowest BCUT2D eigenvalue weighted by molar-refractivity contribution is 0.203. The largest absolute Gasteiger partial charge is 0.394 e. The van der Waals surface area contributed by atoms with Crippen LogP contribution in [-0.2, 0) is 0 Å². The Balaban J connectivity index is 2.99. The number of aliphatic hydroxyl groups is 2. The Labute approximate surface area is 94.5 Å². The number of rotatable bonds is 5. The van der Waals surface area contributed by atoms with Crippen LogP contribution in [0, 0.1) is 0 Å². The summed E-state index contributed by atoms with van der Waals surface area (Å²) in [6, 6.07) is -0.438. The van der Waals surface area contributed by atoms with Crippen molar-refractivity contribution in [1.29, 1.82) is 0 Å². The zero-order valence-corrected chi connectivity index (χ0v) is 9.51. The summed E-state index contributed by atoms with van der Waals surface area (Å²) < 4.78 is 0. The highest BCUT2D eigenvalue weighted by molar-refractivity contribution is 5.57. The number of aliphatic hydroxyl groups excluding tert-OH is 2. The molecule has 1 aromatic heterocycles. The third kappa shape index (κ3) is 2.80. The van der Waals surface area contributed by atoms with E-state index in [1.165, 1.54) is 6.33 Å². The Hall–Kier alpha value is -1.40. The minimum atomic E-state index is -0.438. The molecule has 90 valence electrons. The molecule has 0 atom stereocenters. The molecule has 1 heterocycles. The summed E-state index contributed by atoms with van der Waals surface area (Å²) in [5.74, 6) is 1.15. The van der Waals surface area contributed by atoms with E-state index < -0.39 is 6.04 Å². The molecule has 0 aromatic carbocycles. The lowest BCUT2D eigenvalue weighted by Crippen LogP contribution is -2.29. The smallest absolute Gasteiger partial charge is 0.135 e. The summed E-state index contributed by atoms with van der Waals surface area (Å²) >= 11 is 0. The van der Waals surface area contributed by atoms with Crippen LogP contribution >= 0.6 is 0 Å². The molecule has 0 aliphatic carbocycles. The fourth-order valence-corrected chi connectivity index (χ4v) is 1.44. The van der Waals surface area contributed by atoms with Gasteiger partial charge in [-0.3, -0.25) is 0 Å². The molecule has 1 aromatic rings. The first-order valence-corrected chi connectivity index (χ1v) is 5.18. The SMILES string of the molecule is CC(C)c1c(N)ncnc1NC(CO)CO. The Bertz CT molecular complexity index is 340. The zero-order chi connectivity index (χ0) is 12.1. The summed E-state index contributed by atoms with van der Waals surface area (Å²) in [6.45, 7) is 3.62. The van der Waals surface area contributed by atoms with Crippen molar-refractivity contribution in [1.82, 2.24) is 9.97 Å². The number of nitrogens with two attached hydrogens (primary N) is 1. The molecule has 0 saturated heterocycles. The van der Waals surface area contributed by atoms with Crippen molar-refractivity contribution >= 4 is 11.6 Å². The molecule has 5 N–H and O–H groups in total. The second-order valence-corrected chi connectivity index (χ2v) is 3.88. The van der Waals surface area contributed by atoms with Crippen molar-refractivity contribution in [2.45, 2.75) is 25.8 Å². The van der Waals surface area contributed by atoms with E-state index in [0.29, 0.717) is 11.6 Å². The topological polar surface area (TPSA) is 104 Å². The lowest BCUT2D eigenvalue weighted by atomic mass is 10.0. The van der Waals surface area contributed by atoms with Crippen LogP contribution in [0.4, 0.5) is 11.6 Å². The fraction of sp³-hybridized carbons (Fsp3) is 0.600. The van der Waals surface area contributed by atoms with Gasteiger partial charge in [0.05, 0.1) is 19.3 Å². The lowest BCUT2D eigenvalue weighted by Gasteiger charge is -2.19. The first-order chi connectivity index (χ1) is 7.60. The van der Waals surface area contributed by atoms with Gasteiger partial charge in [0.15, 0.2) is 0 Å². The Morgan fingerprint density at radius 1 is 1.31 bits per heavy atom. The summed E-state index contributed by atoms with van der Waals surface area (Å²) in [7, 11) is 0. The number of nitrogens with one attached hydrogen (secondary N) is 1.